The molecule has 0 amide bonds. The summed E-state index contributed by atoms with van der Waals surface area (Å²) in [6.45, 7) is 2.03. The molecule has 1 heterocycles. The van der Waals surface area contributed by atoms with E-state index in [1.165, 1.54) is 12.4 Å². The molecule has 0 bridgehead atoms. The first-order valence-corrected chi connectivity index (χ1v) is 6.08. The van der Waals surface area contributed by atoms with Crippen molar-refractivity contribution in [1.29, 1.82) is 0 Å². The molecule has 0 radical (unpaired) electrons. The highest BCUT2D eigenvalue weighted by atomic mass is 16.4. The van der Waals surface area contributed by atoms with Crippen LogP contribution in [0.25, 0.3) is 0 Å². The van der Waals surface area contributed by atoms with Crippen LogP contribution in [0.15, 0.2) is 42.7 Å². The fraction of sp³-hybridized carbons (Fsp3) is 0.214. The van der Waals surface area contributed by atoms with Crippen LogP contribution in [0, 0.1) is 0 Å². The van der Waals surface area contributed by atoms with Crippen molar-refractivity contribution in [3.8, 4) is 0 Å². The zero-order chi connectivity index (χ0) is 13.7. The molecule has 0 aliphatic heterocycles. The fourth-order valence-corrected chi connectivity index (χ4v) is 1.87. The molecule has 0 fully saturated rings. The summed E-state index contributed by atoms with van der Waals surface area (Å²) in [5.41, 5.74) is 1.03. The first-order chi connectivity index (χ1) is 9.22. The number of hydrogen-bond donors (Lipinski definition) is 2. The smallest absolute Gasteiger partial charge is 0.358 e. The first kappa shape index (κ1) is 13.0. The van der Waals surface area contributed by atoms with E-state index >= 15 is 0 Å². The third-order valence-corrected chi connectivity index (χ3v) is 2.82. The number of anilines is 1. The maximum Gasteiger partial charge on any atom is 0.358 e. The topological polar surface area (TPSA) is 75.1 Å². The van der Waals surface area contributed by atoms with Gasteiger partial charge >= 0.3 is 5.97 Å². The summed E-state index contributed by atoms with van der Waals surface area (Å²) < 4.78 is 0. The monoisotopic (exact) mass is 257 g/mol. The number of aromatic nitrogens is 2. The molecule has 19 heavy (non-hydrogen) atoms. The molecule has 5 heteroatoms. The van der Waals surface area contributed by atoms with Crippen LogP contribution >= 0.6 is 0 Å². The van der Waals surface area contributed by atoms with Crippen molar-refractivity contribution in [2.45, 2.75) is 19.4 Å². The Labute approximate surface area is 111 Å². The van der Waals surface area contributed by atoms with Gasteiger partial charge in [0.25, 0.3) is 0 Å². The zero-order valence-electron chi connectivity index (χ0n) is 10.6. The molecule has 0 saturated heterocycles. The van der Waals surface area contributed by atoms with Gasteiger partial charge in [-0.2, -0.15) is 0 Å². The second-order valence-corrected chi connectivity index (χ2v) is 4.07. The van der Waals surface area contributed by atoms with Gasteiger partial charge in [0.15, 0.2) is 11.5 Å². The highest BCUT2D eigenvalue weighted by Crippen LogP contribution is 2.22. The Morgan fingerprint density at radius 2 is 1.95 bits per heavy atom. The van der Waals surface area contributed by atoms with E-state index in [2.05, 4.69) is 15.3 Å². The van der Waals surface area contributed by atoms with Gasteiger partial charge in [-0.3, -0.25) is 0 Å². The summed E-state index contributed by atoms with van der Waals surface area (Å²) in [4.78, 5) is 19.0. The minimum atomic E-state index is -1.08. The SMILES string of the molecule is CCC(Nc1nccnc1C(=O)O)c1ccccc1. The molecule has 0 saturated carbocycles. The van der Waals surface area contributed by atoms with E-state index < -0.39 is 5.97 Å². The van der Waals surface area contributed by atoms with Gasteiger partial charge in [-0.25, -0.2) is 14.8 Å². The van der Waals surface area contributed by atoms with Crippen molar-refractivity contribution < 1.29 is 9.90 Å². The number of rotatable bonds is 5. The zero-order valence-corrected chi connectivity index (χ0v) is 10.6. The maximum absolute atomic E-state index is 11.1. The molecule has 98 valence electrons. The molecule has 0 aliphatic rings. The second-order valence-electron chi connectivity index (χ2n) is 4.07. The number of benzene rings is 1. The van der Waals surface area contributed by atoms with E-state index in [9.17, 15) is 4.79 Å². The summed E-state index contributed by atoms with van der Waals surface area (Å²) in [7, 11) is 0. The van der Waals surface area contributed by atoms with E-state index in [4.69, 9.17) is 5.11 Å². The molecule has 1 unspecified atom stereocenters. The second kappa shape index (κ2) is 5.95. The average molecular weight is 257 g/mol. The molecule has 1 aromatic heterocycles. The van der Waals surface area contributed by atoms with Crippen molar-refractivity contribution in [2.75, 3.05) is 5.32 Å². The van der Waals surface area contributed by atoms with Gasteiger partial charge in [0, 0.05) is 12.4 Å². The number of carboxylic acid groups (broad SMARTS) is 1. The van der Waals surface area contributed by atoms with Crippen molar-refractivity contribution in [3.63, 3.8) is 0 Å². The van der Waals surface area contributed by atoms with Crippen molar-refractivity contribution in [2.24, 2.45) is 0 Å². The van der Waals surface area contributed by atoms with Crippen LogP contribution in [0.4, 0.5) is 5.82 Å². The van der Waals surface area contributed by atoms with E-state index in [1.807, 2.05) is 37.3 Å². The number of hydrogen-bond acceptors (Lipinski definition) is 4. The minimum Gasteiger partial charge on any atom is -0.476 e. The highest BCUT2D eigenvalue weighted by Gasteiger charge is 2.16. The van der Waals surface area contributed by atoms with E-state index in [1.54, 1.807) is 0 Å². The van der Waals surface area contributed by atoms with Crippen molar-refractivity contribution in [1.82, 2.24) is 9.97 Å². The van der Waals surface area contributed by atoms with Crippen LogP contribution in [0.2, 0.25) is 0 Å². The molecule has 2 N–H and O–H groups in total. The third-order valence-electron chi connectivity index (χ3n) is 2.82. The fourth-order valence-electron chi connectivity index (χ4n) is 1.87. The maximum atomic E-state index is 11.1. The molecular weight excluding hydrogens is 242 g/mol. The lowest BCUT2D eigenvalue weighted by atomic mass is 10.0. The Morgan fingerprint density at radius 3 is 2.58 bits per heavy atom. The number of carbonyl (C=O) groups is 1. The molecule has 0 aliphatic carbocycles. The quantitative estimate of drug-likeness (QED) is 0.861. The van der Waals surface area contributed by atoms with Crippen LogP contribution in [0.5, 0.6) is 0 Å². The molecular formula is C14H15N3O2. The Morgan fingerprint density at radius 1 is 1.26 bits per heavy atom. The van der Waals surface area contributed by atoms with Crippen molar-refractivity contribution in [3.05, 3.63) is 54.0 Å². The lowest BCUT2D eigenvalue weighted by Crippen LogP contribution is -2.15. The van der Waals surface area contributed by atoms with Crippen LogP contribution in [0.3, 0.4) is 0 Å². The Hall–Kier alpha value is -2.43. The predicted octanol–water partition coefficient (Wildman–Crippen LogP) is 2.74. The Balaban J connectivity index is 2.27. The summed E-state index contributed by atoms with van der Waals surface area (Å²) >= 11 is 0. The van der Waals surface area contributed by atoms with Gasteiger partial charge in [-0.15, -0.1) is 0 Å². The summed E-state index contributed by atoms with van der Waals surface area (Å²) in [5, 5.41) is 12.2. The summed E-state index contributed by atoms with van der Waals surface area (Å²) in [6, 6.07) is 9.86. The lowest BCUT2D eigenvalue weighted by molar-refractivity contribution is 0.0691. The normalized spacial score (nSPS) is 11.8. The highest BCUT2D eigenvalue weighted by molar-refractivity contribution is 5.90. The lowest BCUT2D eigenvalue weighted by Gasteiger charge is -2.18. The molecule has 2 aromatic rings. The molecule has 5 nitrogen and oxygen atoms in total. The number of carboxylic acids is 1. The Bertz CT molecular complexity index is 558. The van der Waals surface area contributed by atoms with Crippen molar-refractivity contribution >= 4 is 11.8 Å². The molecule has 2 rings (SSSR count). The standard InChI is InChI=1S/C14H15N3O2/c1-2-11(10-6-4-3-5-7-10)17-13-12(14(18)19)15-8-9-16-13/h3-9,11H,2H2,1H3,(H,16,17)(H,18,19). The molecule has 0 spiro atoms. The predicted molar refractivity (Wildman–Crippen MR) is 72.1 cm³/mol. The summed E-state index contributed by atoms with van der Waals surface area (Å²) in [6.07, 6.45) is 3.67. The van der Waals surface area contributed by atoms with Crippen LogP contribution in [-0.2, 0) is 0 Å². The largest absolute Gasteiger partial charge is 0.476 e. The van der Waals surface area contributed by atoms with E-state index in [0.717, 1.165) is 12.0 Å². The minimum absolute atomic E-state index is 0.0102. The van der Waals surface area contributed by atoms with Crippen LogP contribution in [-0.4, -0.2) is 21.0 Å². The first-order valence-electron chi connectivity index (χ1n) is 6.08. The summed E-state index contributed by atoms with van der Waals surface area (Å²) in [5.74, 6) is -0.788. The van der Waals surface area contributed by atoms with Gasteiger partial charge in [0.05, 0.1) is 6.04 Å². The van der Waals surface area contributed by atoms with Crippen LogP contribution < -0.4 is 5.32 Å². The van der Waals surface area contributed by atoms with Gasteiger partial charge in [0.2, 0.25) is 0 Å². The number of nitrogens with one attached hydrogen (secondary N) is 1. The van der Waals surface area contributed by atoms with Gasteiger partial charge in [0.1, 0.15) is 0 Å². The average Bonchev–Trinajstić information content (AvgIpc) is 2.46. The molecule has 1 atom stereocenters. The van der Waals surface area contributed by atoms with E-state index in [0.29, 0.717) is 5.82 Å². The third kappa shape index (κ3) is 3.07. The van der Waals surface area contributed by atoms with Gasteiger partial charge < -0.3 is 10.4 Å². The molecule has 1 aromatic carbocycles. The number of aromatic carboxylic acids is 1. The Kier molecular flexibility index (Phi) is 4.07. The van der Waals surface area contributed by atoms with Gasteiger partial charge in [-0.1, -0.05) is 37.3 Å². The van der Waals surface area contributed by atoms with E-state index in [-0.39, 0.29) is 11.7 Å². The van der Waals surface area contributed by atoms with Crippen LogP contribution in [0.1, 0.15) is 35.4 Å². The number of nitrogens with zero attached hydrogens (tertiary/aromatic N) is 2. The van der Waals surface area contributed by atoms with Gasteiger partial charge in [-0.05, 0) is 12.0 Å².